The third-order valence-corrected chi connectivity index (χ3v) is 13.2. The van der Waals surface area contributed by atoms with Gasteiger partial charge in [0.05, 0.1) is 0 Å². The Morgan fingerprint density at radius 1 is 0.191 bits per heavy atom. The summed E-state index contributed by atoms with van der Waals surface area (Å²) in [4.78, 5) is 4.71. The van der Waals surface area contributed by atoms with Crippen LogP contribution < -0.4 is 9.80 Å². The molecule has 0 spiro atoms. The van der Waals surface area contributed by atoms with Gasteiger partial charge in [-0.25, -0.2) is 0 Å². The maximum Gasteiger partial charge on any atom is 0.0468 e. The highest BCUT2D eigenvalue weighted by Gasteiger charge is 2.16. The van der Waals surface area contributed by atoms with Crippen LogP contribution >= 0.6 is 0 Å². The summed E-state index contributed by atoms with van der Waals surface area (Å²) in [6.45, 7) is 0. The van der Waals surface area contributed by atoms with Crippen molar-refractivity contribution >= 4 is 89.4 Å². The smallest absolute Gasteiger partial charge is 0.0468 e. The van der Waals surface area contributed by atoms with Gasteiger partial charge in [-0.05, 0) is 149 Å². The van der Waals surface area contributed by atoms with E-state index in [1.54, 1.807) is 0 Å². The van der Waals surface area contributed by atoms with E-state index in [9.17, 15) is 0 Å². The third kappa shape index (κ3) is 8.17. The lowest BCUT2D eigenvalue weighted by molar-refractivity contribution is 1.29. The lowest BCUT2D eigenvalue weighted by Crippen LogP contribution is -2.09. The van der Waals surface area contributed by atoms with E-state index >= 15 is 0 Å². The van der Waals surface area contributed by atoms with Gasteiger partial charge in [0.2, 0.25) is 0 Å². The van der Waals surface area contributed by atoms with Crippen molar-refractivity contribution in [2.24, 2.45) is 0 Å². The summed E-state index contributed by atoms with van der Waals surface area (Å²) in [5.74, 6) is 0. The molecule has 0 radical (unpaired) electrons. The van der Waals surface area contributed by atoms with E-state index in [1.165, 1.54) is 65.3 Å². The Hall–Kier alpha value is -8.98. The van der Waals surface area contributed by atoms with E-state index < -0.39 is 0 Å². The molecule has 0 saturated carbocycles. The molecule has 0 N–H and O–H groups in total. The summed E-state index contributed by atoms with van der Waals surface area (Å²) < 4.78 is 0. The second kappa shape index (κ2) is 17.8. The molecule has 12 aromatic carbocycles. The zero-order valence-electron chi connectivity index (χ0n) is 37.5. The first-order chi connectivity index (χ1) is 33.6. The van der Waals surface area contributed by atoms with Crippen LogP contribution in [0.3, 0.4) is 0 Å². The fourth-order valence-electron chi connectivity index (χ4n) is 9.53. The maximum atomic E-state index is 2.35. The average Bonchev–Trinajstić information content (AvgIpc) is 3.41. The Kier molecular flexibility index (Phi) is 10.6. The number of fused-ring (bicyclic) bond motifs is 4. The second-order valence-electron chi connectivity index (χ2n) is 17.5. The predicted molar refractivity (Wildman–Crippen MR) is 292 cm³/mol. The van der Waals surface area contributed by atoms with Gasteiger partial charge in [-0.3, -0.25) is 0 Å². The van der Waals surface area contributed by atoms with Gasteiger partial charge < -0.3 is 9.80 Å². The Morgan fingerprint density at radius 3 is 0.676 bits per heavy atom. The summed E-state index contributed by atoms with van der Waals surface area (Å²) >= 11 is 0. The summed E-state index contributed by atoms with van der Waals surface area (Å²) in [6, 6.07) is 96.6. The average molecular weight is 867 g/mol. The molecule has 12 aromatic rings. The highest BCUT2D eigenvalue weighted by atomic mass is 15.1. The maximum absolute atomic E-state index is 2.35. The lowest BCUT2D eigenvalue weighted by Gasteiger charge is -2.26. The minimum atomic E-state index is 1.11. The van der Waals surface area contributed by atoms with Crippen molar-refractivity contribution in [1.29, 1.82) is 0 Å². The van der Waals surface area contributed by atoms with Crippen LogP contribution in [0.2, 0.25) is 0 Å². The topological polar surface area (TPSA) is 6.48 Å². The molecule has 0 atom stereocenters. The summed E-state index contributed by atoms with van der Waals surface area (Å²) in [5.41, 5.74) is 13.8. The molecule has 0 aliphatic carbocycles. The summed E-state index contributed by atoms with van der Waals surface area (Å²) in [5, 5.41) is 9.82. The Morgan fingerprint density at radius 2 is 0.412 bits per heavy atom. The molecule has 0 fully saturated rings. The van der Waals surface area contributed by atoms with Gasteiger partial charge in [-0.15, -0.1) is 0 Å². The molecule has 12 rings (SSSR count). The van der Waals surface area contributed by atoms with E-state index in [4.69, 9.17) is 0 Å². The molecule has 68 heavy (non-hydrogen) atoms. The molecular formula is C66H46N2. The number of rotatable bonds is 10. The van der Waals surface area contributed by atoms with E-state index in [0.29, 0.717) is 0 Å². The van der Waals surface area contributed by atoms with Crippen molar-refractivity contribution in [1.82, 2.24) is 0 Å². The van der Waals surface area contributed by atoms with Gasteiger partial charge in [0.25, 0.3) is 0 Å². The number of benzene rings is 12. The van der Waals surface area contributed by atoms with Crippen molar-refractivity contribution in [3.8, 4) is 22.3 Å². The summed E-state index contributed by atoms with van der Waals surface area (Å²) in [6.07, 6.45) is 4.38. The highest BCUT2D eigenvalue weighted by Crippen LogP contribution is 2.40. The van der Waals surface area contributed by atoms with E-state index in [0.717, 1.165) is 45.3 Å². The van der Waals surface area contributed by atoms with Crippen molar-refractivity contribution < 1.29 is 0 Å². The fraction of sp³-hybridized carbons (Fsp3) is 0. The minimum Gasteiger partial charge on any atom is -0.310 e. The van der Waals surface area contributed by atoms with Crippen molar-refractivity contribution in [3.63, 3.8) is 0 Å². The van der Waals surface area contributed by atoms with Crippen molar-refractivity contribution in [2.75, 3.05) is 9.80 Å². The molecule has 0 aliphatic heterocycles. The monoisotopic (exact) mass is 866 g/mol. The van der Waals surface area contributed by atoms with Gasteiger partial charge in [0, 0.05) is 34.1 Å². The zero-order valence-corrected chi connectivity index (χ0v) is 37.5. The van der Waals surface area contributed by atoms with Crippen molar-refractivity contribution in [2.45, 2.75) is 0 Å². The van der Waals surface area contributed by atoms with Crippen LogP contribution in [-0.2, 0) is 0 Å². The van der Waals surface area contributed by atoms with Gasteiger partial charge in [-0.2, -0.15) is 0 Å². The molecule has 0 bridgehead atoms. The zero-order chi connectivity index (χ0) is 45.2. The van der Waals surface area contributed by atoms with Gasteiger partial charge in [0.1, 0.15) is 0 Å². The molecule has 0 aliphatic rings. The van der Waals surface area contributed by atoms with E-state index in [1.807, 2.05) is 0 Å². The normalized spacial score (nSPS) is 11.5. The Bertz CT molecular complexity index is 3360. The molecule has 320 valence electrons. The van der Waals surface area contributed by atoms with Crippen LogP contribution in [-0.4, -0.2) is 0 Å². The van der Waals surface area contributed by atoms with Crippen molar-refractivity contribution in [3.05, 3.63) is 278 Å². The number of anilines is 6. The Labute approximate surface area is 397 Å². The number of nitrogens with zero attached hydrogens (tertiary/aromatic N) is 2. The van der Waals surface area contributed by atoms with E-state index in [-0.39, 0.29) is 0 Å². The lowest BCUT2D eigenvalue weighted by atomic mass is 10.0. The van der Waals surface area contributed by atoms with Crippen LogP contribution in [0.15, 0.2) is 267 Å². The minimum absolute atomic E-state index is 1.11. The van der Waals surface area contributed by atoms with Crippen LogP contribution in [0.1, 0.15) is 11.1 Å². The van der Waals surface area contributed by atoms with Gasteiger partial charge in [-0.1, -0.05) is 206 Å². The largest absolute Gasteiger partial charge is 0.310 e. The SMILES string of the molecule is C(=Cc1ccc(-c2ccc(N(c3ccc4ccccc4c3)c3ccc4ccccc4c3)cc2)cc1)c1ccc(-c2ccc(N(c3ccc4ccccc4c3)c3ccc4ccccc4c3)cc2)cc1. The van der Waals surface area contributed by atoms with Crippen LogP contribution in [0.4, 0.5) is 34.1 Å². The van der Waals surface area contributed by atoms with Gasteiger partial charge >= 0.3 is 0 Å². The first-order valence-electron chi connectivity index (χ1n) is 23.3. The molecule has 0 saturated heterocycles. The number of hydrogen-bond acceptors (Lipinski definition) is 2. The number of hydrogen-bond donors (Lipinski definition) is 0. The van der Waals surface area contributed by atoms with E-state index in [2.05, 4.69) is 289 Å². The van der Waals surface area contributed by atoms with Gasteiger partial charge in [0.15, 0.2) is 0 Å². The predicted octanol–water partition coefficient (Wildman–Crippen LogP) is 18.7. The molecule has 2 heteroatoms. The first kappa shape index (κ1) is 40.5. The Balaban J connectivity index is 0.756. The molecule has 0 amide bonds. The van der Waals surface area contributed by atoms with Crippen LogP contribution in [0, 0.1) is 0 Å². The standard InChI is InChI=1S/C66H46N2/c1-5-13-57-43-63(39-31-49(57)9-1)67(64-40-32-50-10-2-6-14-58(50)44-64)61-35-27-55(28-36-61)53-23-19-47(20-24-53)17-18-48-21-25-54(26-22-48)56-29-37-62(38-30-56)68(65-41-33-51-11-3-7-15-59(51)45-65)66-42-34-52-12-4-8-16-60(52)46-66/h1-46H. The highest BCUT2D eigenvalue weighted by molar-refractivity contribution is 5.95. The fourth-order valence-corrected chi connectivity index (χ4v) is 9.53. The summed E-state index contributed by atoms with van der Waals surface area (Å²) in [7, 11) is 0. The molecular weight excluding hydrogens is 821 g/mol. The molecule has 0 heterocycles. The molecule has 0 unspecified atom stereocenters. The first-order valence-corrected chi connectivity index (χ1v) is 23.3. The second-order valence-corrected chi connectivity index (χ2v) is 17.5. The third-order valence-electron chi connectivity index (χ3n) is 13.2. The molecule has 2 nitrogen and oxygen atoms in total. The van der Waals surface area contributed by atoms with Crippen LogP contribution in [0.5, 0.6) is 0 Å². The van der Waals surface area contributed by atoms with Crippen LogP contribution in [0.25, 0.3) is 77.5 Å². The quantitative estimate of drug-likeness (QED) is 0.126. The molecule has 0 aromatic heterocycles.